The minimum Gasteiger partial charge on any atom is -0.348 e. The minimum absolute atomic E-state index is 0.00255. The molecule has 2 aromatic carbocycles. The molecular weight excluding hydrogens is 428 g/mol. The zero-order valence-electron chi connectivity index (χ0n) is 17.6. The van der Waals surface area contributed by atoms with Crippen LogP contribution in [0, 0.1) is 25.2 Å². The highest BCUT2D eigenvalue weighted by molar-refractivity contribution is 6.31. The van der Waals surface area contributed by atoms with E-state index in [-0.39, 0.29) is 30.1 Å². The molecule has 0 saturated carbocycles. The molecule has 2 amide bonds. The molecule has 1 aromatic heterocycles. The van der Waals surface area contributed by atoms with Gasteiger partial charge in [-0.2, -0.15) is 5.26 Å². The van der Waals surface area contributed by atoms with Gasteiger partial charge in [-0.15, -0.1) is 0 Å². The molecule has 0 aliphatic rings. The van der Waals surface area contributed by atoms with Crippen LogP contribution in [0.1, 0.15) is 32.7 Å². The second-order valence-corrected chi connectivity index (χ2v) is 7.62. The van der Waals surface area contributed by atoms with Gasteiger partial charge in [0.05, 0.1) is 11.3 Å². The Kier molecular flexibility index (Phi) is 7.08. The van der Waals surface area contributed by atoms with E-state index in [1.807, 2.05) is 18.2 Å². The fraction of sp³-hybridized carbons (Fsp3) is 0.167. The van der Waals surface area contributed by atoms with E-state index in [4.69, 9.17) is 11.6 Å². The van der Waals surface area contributed by atoms with Crippen molar-refractivity contribution in [3.63, 3.8) is 0 Å². The van der Waals surface area contributed by atoms with Gasteiger partial charge in [0.25, 0.3) is 11.5 Å². The second kappa shape index (κ2) is 9.94. The number of aromatic nitrogens is 1. The van der Waals surface area contributed by atoms with Gasteiger partial charge >= 0.3 is 0 Å². The van der Waals surface area contributed by atoms with Gasteiger partial charge in [0, 0.05) is 17.3 Å². The molecule has 3 aromatic rings. The van der Waals surface area contributed by atoms with E-state index in [9.17, 15) is 19.6 Å². The van der Waals surface area contributed by atoms with Crippen molar-refractivity contribution < 1.29 is 9.59 Å². The van der Waals surface area contributed by atoms with Gasteiger partial charge in [0.1, 0.15) is 18.2 Å². The highest BCUT2D eigenvalue weighted by Gasteiger charge is 2.16. The number of para-hydroxylation sites is 1. The maximum absolute atomic E-state index is 12.7. The monoisotopic (exact) mass is 448 g/mol. The number of hydrogen-bond donors (Lipinski definition) is 2. The summed E-state index contributed by atoms with van der Waals surface area (Å²) in [5, 5.41) is 15.2. The lowest BCUT2D eigenvalue weighted by Gasteiger charge is -2.14. The maximum Gasteiger partial charge on any atom is 0.269 e. The summed E-state index contributed by atoms with van der Waals surface area (Å²) in [6.07, 6.45) is 0. The molecule has 162 valence electrons. The molecular formula is C24H21ClN4O3. The Morgan fingerprint density at radius 1 is 1.09 bits per heavy atom. The Morgan fingerprint density at radius 3 is 2.50 bits per heavy atom. The number of nitrogens with zero attached hydrogens (tertiary/aromatic N) is 2. The van der Waals surface area contributed by atoms with Crippen LogP contribution in [-0.4, -0.2) is 16.4 Å². The maximum atomic E-state index is 12.7. The molecule has 8 heteroatoms. The third kappa shape index (κ3) is 5.05. The molecule has 0 atom stereocenters. The van der Waals surface area contributed by atoms with E-state index >= 15 is 0 Å². The molecule has 0 unspecified atom stereocenters. The molecule has 2 N–H and O–H groups in total. The van der Waals surface area contributed by atoms with Crippen molar-refractivity contribution in [2.24, 2.45) is 0 Å². The van der Waals surface area contributed by atoms with Gasteiger partial charge in [0.15, 0.2) is 0 Å². The van der Waals surface area contributed by atoms with E-state index in [0.29, 0.717) is 22.0 Å². The van der Waals surface area contributed by atoms with Crippen molar-refractivity contribution in [2.75, 3.05) is 5.32 Å². The number of halogens is 1. The third-order valence-electron chi connectivity index (χ3n) is 4.96. The number of amides is 2. The number of hydrogen-bond acceptors (Lipinski definition) is 4. The number of benzene rings is 2. The van der Waals surface area contributed by atoms with E-state index in [1.165, 1.54) is 4.57 Å². The highest BCUT2D eigenvalue weighted by Crippen LogP contribution is 2.17. The average molecular weight is 449 g/mol. The summed E-state index contributed by atoms with van der Waals surface area (Å²) < 4.78 is 1.24. The first-order valence-corrected chi connectivity index (χ1v) is 10.2. The normalized spacial score (nSPS) is 10.3. The average Bonchev–Trinajstić information content (AvgIpc) is 2.76. The molecule has 0 aliphatic carbocycles. The molecule has 7 nitrogen and oxygen atoms in total. The lowest BCUT2D eigenvalue weighted by molar-refractivity contribution is -0.116. The SMILES string of the molecule is Cc1cc(C)n(CC(=O)Nc2ccccc2C(=O)NCc2ccccc2Cl)c(=O)c1C#N. The summed E-state index contributed by atoms with van der Waals surface area (Å²) in [6, 6.07) is 17.3. The van der Waals surface area contributed by atoms with E-state index < -0.39 is 11.5 Å². The van der Waals surface area contributed by atoms with Crippen LogP contribution < -0.4 is 16.2 Å². The van der Waals surface area contributed by atoms with E-state index in [2.05, 4.69) is 10.6 Å². The zero-order chi connectivity index (χ0) is 23.3. The molecule has 3 rings (SSSR count). The summed E-state index contributed by atoms with van der Waals surface area (Å²) in [5.74, 6) is -0.870. The Bertz CT molecular complexity index is 1290. The van der Waals surface area contributed by atoms with Crippen LogP contribution in [0.25, 0.3) is 0 Å². The number of carbonyl (C=O) groups is 2. The number of pyridine rings is 1. The van der Waals surface area contributed by atoms with Crippen molar-refractivity contribution in [1.82, 2.24) is 9.88 Å². The van der Waals surface area contributed by atoms with Crippen LogP contribution in [0.2, 0.25) is 5.02 Å². The number of aryl methyl sites for hydroxylation is 2. The van der Waals surface area contributed by atoms with Crippen molar-refractivity contribution >= 4 is 29.1 Å². The van der Waals surface area contributed by atoms with Crippen molar-refractivity contribution in [2.45, 2.75) is 26.9 Å². The molecule has 32 heavy (non-hydrogen) atoms. The lowest BCUT2D eigenvalue weighted by atomic mass is 10.1. The highest BCUT2D eigenvalue weighted by atomic mass is 35.5. The number of carbonyl (C=O) groups excluding carboxylic acids is 2. The summed E-state index contributed by atoms with van der Waals surface area (Å²) >= 11 is 6.13. The van der Waals surface area contributed by atoms with E-state index in [1.54, 1.807) is 56.3 Å². The van der Waals surface area contributed by atoms with Crippen LogP contribution >= 0.6 is 11.6 Å². The van der Waals surface area contributed by atoms with Crippen molar-refractivity contribution in [3.8, 4) is 6.07 Å². The van der Waals surface area contributed by atoms with Crippen LogP contribution in [0.3, 0.4) is 0 Å². The smallest absolute Gasteiger partial charge is 0.269 e. The van der Waals surface area contributed by atoms with Crippen molar-refractivity contribution in [1.29, 1.82) is 5.26 Å². The van der Waals surface area contributed by atoms with Gasteiger partial charge in [-0.25, -0.2) is 0 Å². The third-order valence-corrected chi connectivity index (χ3v) is 5.33. The number of anilines is 1. The molecule has 0 saturated heterocycles. The molecule has 1 heterocycles. The van der Waals surface area contributed by atoms with Crippen LogP contribution in [0.15, 0.2) is 59.4 Å². The standard InChI is InChI=1S/C24H21ClN4O3/c1-15-11-16(2)29(24(32)19(15)12-26)14-22(30)28-21-10-6-4-8-18(21)23(31)27-13-17-7-3-5-9-20(17)25/h3-11H,13-14H2,1-2H3,(H,27,31)(H,28,30). The Hall–Kier alpha value is -3.89. The molecule has 0 fully saturated rings. The van der Waals surface area contributed by atoms with Crippen LogP contribution in [0.5, 0.6) is 0 Å². The Balaban J connectivity index is 1.76. The first-order valence-electron chi connectivity index (χ1n) is 9.83. The number of rotatable bonds is 6. The molecule has 0 radical (unpaired) electrons. The first kappa shape index (κ1) is 22.8. The Morgan fingerprint density at radius 2 is 1.78 bits per heavy atom. The fourth-order valence-corrected chi connectivity index (χ4v) is 3.50. The van der Waals surface area contributed by atoms with Gasteiger partial charge in [-0.3, -0.25) is 14.4 Å². The summed E-state index contributed by atoms with van der Waals surface area (Å²) in [6.45, 7) is 3.32. The molecule has 0 aliphatic heterocycles. The van der Waals surface area contributed by atoms with Gasteiger partial charge in [0.2, 0.25) is 5.91 Å². The largest absolute Gasteiger partial charge is 0.348 e. The number of nitrogens with one attached hydrogen (secondary N) is 2. The summed E-state index contributed by atoms with van der Waals surface area (Å²) in [4.78, 5) is 37.9. The zero-order valence-corrected chi connectivity index (χ0v) is 18.4. The van der Waals surface area contributed by atoms with Gasteiger partial charge in [-0.05, 0) is 49.2 Å². The minimum atomic E-state index is -0.522. The van der Waals surface area contributed by atoms with Crippen LogP contribution in [0.4, 0.5) is 5.69 Å². The van der Waals surface area contributed by atoms with Gasteiger partial charge < -0.3 is 15.2 Å². The van der Waals surface area contributed by atoms with Crippen LogP contribution in [-0.2, 0) is 17.9 Å². The summed E-state index contributed by atoms with van der Waals surface area (Å²) in [7, 11) is 0. The molecule has 0 bridgehead atoms. The predicted molar refractivity (Wildman–Crippen MR) is 123 cm³/mol. The topological polar surface area (TPSA) is 104 Å². The van der Waals surface area contributed by atoms with Gasteiger partial charge in [-0.1, -0.05) is 41.9 Å². The van der Waals surface area contributed by atoms with E-state index in [0.717, 1.165) is 5.56 Å². The van der Waals surface area contributed by atoms with Crippen molar-refractivity contribution in [3.05, 3.63) is 97.9 Å². The Labute approximate surface area is 190 Å². The number of nitriles is 1. The second-order valence-electron chi connectivity index (χ2n) is 7.21. The summed E-state index contributed by atoms with van der Waals surface area (Å²) in [5.41, 5.74) is 1.96. The fourth-order valence-electron chi connectivity index (χ4n) is 3.30. The predicted octanol–water partition coefficient (Wildman–Crippen LogP) is 3.56. The molecule has 0 spiro atoms. The lowest BCUT2D eigenvalue weighted by Crippen LogP contribution is -2.32. The first-order chi connectivity index (χ1) is 15.3. The quantitative estimate of drug-likeness (QED) is 0.601.